The SMILES string of the molecule is C.C#CCC.C#CN(C)C.C#COC.C#CS(C)=O.C#CSC.C#CSCC.C=S(C)(=O)C#CC.CC#CCC.CC#CN(C)C.CC#COC.CC#COC.CC#COC.CC#COCC.CC#CSC. The van der Waals surface area contributed by atoms with E-state index in [9.17, 15) is 8.42 Å². The van der Waals surface area contributed by atoms with Gasteiger partial charge < -0.3 is 33.5 Å². The minimum Gasteiger partial charge on any atom is -0.450 e. The van der Waals surface area contributed by atoms with E-state index >= 15 is 0 Å². The maximum atomic E-state index is 10.5. The van der Waals surface area contributed by atoms with E-state index < -0.39 is 20.3 Å². The molecule has 2 atom stereocenters. The number of ether oxygens (including phenoxy) is 5. The molecule has 0 aromatic heterocycles. The van der Waals surface area contributed by atoms with Crippen LogP contribution in [-0.2, 0) is 44.0 Å². The first-order valence-corrected chi connectivity index (χ1v) is 27.1. The van der Waals surface area contributed by atoms with Gasteiger partial charge in [0.1, 0.15) is 30.5 Å². The first-order chi connectivity index (χ1) is 33.5. The Morgan fingerprint density at radius 1 is 0.611 bits per heavy atom. The maximum absolute atomic E-state index is 10.5. The molecule has 0 aliphatic rings. The standard InChI is InChI=1S/C5H9N.C5H8OS.C5H8O.C5H8.C4H7N.3C4H6O.2C4H6S.C4H6.C3H4OS.C3H4O.C3H4S.CH4/c1-4-5-6(2)3;1-4-5-7(2,3)6;1-3-5-6-4-2;1-3-5-4-2;1-4-5(2)3;4*1-3-4-5-2;1-3-5-4-2;1-3-4-2;1-3-5(2)4;2*1-3-4-2;/h1-3H3;2H2,1,3H3;4H2,1-2H3;3H2,1-2H3;1H,2-3H3;4*1-2H3;1H,4H2,2H3;1H,4H2,2H3;1H,2H3;2*1H,2H3;1H4. The number of rotatable bonds is 2. The van der Waals surface area contributed by atoms with E-state index in [0.29, 0.717) is 6.61 Å². The third-order valence-electron chi connectivity index (χ3n) is 3.23. The summed E-state index contributed by atoms with van der Waals surface area (Å²) in [6.45, 7) is 22.7. The van der Waals surface area contributed by atoms with Crippen molar-refractivity contribution in [1.29, 1.82) is 0 Å². The van der Waals surface area contributed by atoms with Crippen LogP contribution >= 0.6 is 35.3 Å². The van der Waals surface area contributed by atoms with Crippen molar-refractivity contribution in [3.8, 4) is 167 Å². The average Bonchev–Trinajstić information content (AvgIpc) is 3.34. The lowest BCUT2D eigenvalue weighted by atomic mass is 10.5. The summed E-state index contributed by atoms with van der Waals surface area (Å²) >= 11 is 4.42. The monoisotopic (exact) mass is 1090 g/mol. The summed E-state index contributed by atoms with van der Waals surface area (Å²) in [6.07, 6.45) is 48.5. The molecule has 0 bridgehead atoms. The van der Waals surface area contributed by atoms with E-state index in [1.165, 1.54) is 64.5 Å². The molecule has 0 aromatic carbocycles. The Morgan fingerprint density at radius 2 is 0.972 bits per heavy atom. The van der Waals surface area contributed by atoms with Crippen LogP contribution in [0.5, 0.6) is 0 Å². The van der Waals surface area contributed by atoms with Crippen molar-refractivity contribution in [2.45, 2.75) is 103 Å². The van der Waals surface area contributed by atoms with Crippen molar-refractivity contribution < 1.29 is 32.1 Å². The maximum Gasteiger partial charge on any atom is 0.109 e. The number of hydrogen-bond acceptors (Lipinski definition) is 12. The minimum absolute atomic E-state index is 0. The molecule has 14 heteroatoms. The van der Waals surface area contributed by atoms with Gasteiger partial charge in [-0.2, -0.15) is 0 Å². The van der Waals surface area contributed by atoms with E-state index in [2.05, 4.69) is 159 Å². The van der Waals surface area contributed by atoms with E-state index in [-0.39, 0.29) is 7.43 Å². The Bertz CT molecular complexity index is 1830. The number of thioether (sulfide) groups is 3. The lowest BCUT2D eigenvalue weighted by Crippen LogP contribution is -2.00. The Balaban J connectivity index is -0.0000000374. The smallest absolute Gasteiger partial charge is 0.109 e. The first kappa shape index (κ1) is 107. The highest BCUT2D eigenvalue weighted by Crippen LogP contribution is 1.89. The second-order valence-corrected chi connectivity index (χ2v) is 15.5. The van der Waals surface area contributed by atoms with Gasteiger partial charge in [-0.25, -0.2) is 4.21 Å². The summed E-state index contributed by atoms with van der Waals surface area (Å²) in [5.41, 5.74) is 0. The summed E-state index contributed by atoms with van der Waals surface area (Å²) in [5, 5.41) is 12.0. The Labute approximate surface area is 464 Å². The molecular weight excluding hydrogens is 997 g/mol. The molecule has 2 unspecified atom stereocenters. The van der Waals surface area contributed by atoms with Gasteiger partial charge in [-0.05, 0) is 79.3 Å². The Hall–Kier alpha value is -6.34. The van der Waals surface area contributed by atoms with E-state index in [1.807, 2.05) is 105 Å². The molecule has 0 aliphatic carbocycles. The van der Waals surface area contributed by atoms with Crippen LogP contribution in [-0.4, -0.2) is 118 Å². The fourth-order valence-electron chi connectivity index (χ4n) is 1.25. The molecule has 0 N–H and O–H groups in total. The van der Waals surface area contributed by atoms with Crippen LogP contribution in [0.1, 0.15) is 103 Å². The molecule has 0 heterocycles. The molecule has 0 amide bonds. The number of terminal acetylenes is 6. The summed E-state index contributed by atoms with van der Waals surface area (Å²) in [5.74, 6) is 30.6. The number of nitrogens with zero attached hydrogens (tertiary/aromatic N) is 2. The van der Waals surface area contributed by atoms with E-state index in [0.717, 1.165) is 18.6 Å². The van der Waals surface area contributed by atoms with Gasteiger partial charge in [0.05, 0.1) is 45.8 Å². The molecule has 9 nitrogen and oxygen atoms in total. The Kier molecular flexibility index (Phi) is 214. The molecule has 0 saturated carbocycles. The fourth-order valence-corrected chi connectivity index (χ4v) is 2.05. The van der Waals surface area contributed by atoms with Crippen LogP contribution in [0.15, 0.2) is 0 Å². The molecule has 0 rings (SSSR count). The predicted octanol–water partition coefficient (Wildman–Crippen LogP) is 10.7. The van der Waals surface area contributed by atoms with Crippen LogP contribution in [0.4, 0.5) is 0 Å². The van der Waals surface area contributed by atoms with Gasteiger partial charge >= 0.3 is 0 Å². The highest BCUT2D eigenvalue weighted by molar-refractivity contribution is 8.04. The third-order valence-corrected chi connectivity index (χ3v) is 5.30. The highest BCUT2D eigenvalue weighted by Gasteiger charge is 1.78. The van der Waals surface area contributed by atoms with Crippen molar-refractivity contribution in [2.75, 3.05) is 94.0 Å². The molecule has 0 fully saturated rings. The topological polar surface area (TPSA) is 86.8 Å². The van der Waals surface area contributed by atoms with Gasteiger partial charge in [-0.15, -0.1) is 43.5 Å². The third kappa shape index (κ3) is 487. The molecule has 0 radical (unpaired) electrons. The summed E-state index contributed by atoms with van der Waals surface area (Å²) in [6, 6.07) is 5.15. The zero-order valence-corrected chi connectivity index (χ0v) is 51.9. The normalized spacial score (nSPS) is 6.69. The van der Waals surface area contributed by atoms with Gasteiger partial charge in [-0.3, -0.25) is 4.21 Å². The lowest BCUT2D eigenvalue weighted by molar-refractivity contribution is 0.299. The van der Waals surface area contributed by atoms with Crippen LogP contribution < -0.4 is 0 Å². The quantitative estimate of drug-likeness (QED) is 0.150. The van der Waals surface area contributed by atoms with E-state index in [1.54, 1.807) is 51.3 Å². The number of methoxy groups -OCH3 is 4. The fraction of sp³-hybridized carbons (Fsp3) is 0.500. The van der Waals surface area contributed by atoms with Crippen molar-refractivity contribution in [2.24, 2.45) is 0 Å². The molecule has 0 aromatic rings. The van der Waals surface area contributed by atoms with Crippen LogP contribution in [0.2, 0.25) is 0 Å². The predicted molar refractivity (Wildman–Crippen MR) is 335 cm³/mol. The van der Waals surface area contributed by atoms with Crippen molar-refractivity contribution >= 4 is 61.5 Å². The highest BCUT2D eigenvalue weighted by atomic mass is 32.2. The van der Waals surface area contributed by atoms with Gasteiger partial charge in [0.2, 0.25) is 0 Å². The molecule has 0 aliphatic heterocycles. The van der Waals surface area contributed by atoms with Crippen LogP contribution in [0.25, 0.3) is 0 Å². The molecule has 0 saturated heterocycles. The minimum atomic E-state index is -2.04. The van der Waals surface area contributed by atoms with Crippen molar-refractivity contribution in [3.05, 3.63) is 0 Å². The second kappa shape index (κ2) is 144. The molecule has 72 heavy (non-hydrogen) atoms. The van der Waals surface area contributed by atoms with Crippen LogP contribution in [0, 0.1) is 167 Å². The van der Waals surface area contributed by atoms with Gasteiger partial charge in [0.15, 0.2) is 0 Å². The lowest BCUT2D eigenvalue weighted by Gasteiger charge is -1.94. The van der Waals surface area contributed by atoms with Crippen LogP contribution in [0.3, 0.4) is 0 Å². The van der Waals surface area contributed by atoms with Gasteiger partial charge in [0, 0.05) is 109 Å². The zero-order valence-electron chi connectivity index (χ0n) is 47.8. The first-order valence-electron chi connectivity index (χ1n) is 20.0. The van der Waals surface area contributed by atoms with Crippen molar-refractivity contribution in [3.63, 3.8) is 0 Å². The summed E-state index contributed by atoms with van der Waals surface area (Å²) in [4.78, 5) is 3.47. The molecule has 0 spiro atoms. The number of hydrogen-bond donors (Lipinski definition) is 0. The molecule has 406 valence electrons. The van der Waals surface area contributed by atoms with E-state index in [4.69, 9.17) is 25.7 Å². The molecular formula is C58H92N2O7S5. The van der Waals surface area contributed by atoms with Crippen molar-refractivity contribution in [1.82, 2.24) is 9.80 Å². The van der Waals surface area contributed by atoms with Gasteiger partial charge in [-0.1, -0.05) is 118 Å². The zero-order chi connectivity index (χ0) is 59.3. The second-order valence-electron chi connectivity index (χ2n) is 9.75. The average molecular weight is 1090 g/mol. The summed E-state index contributed by atoms with van der Waals surface area (Å²) < 4.78 is 41.9. The Morgan fingerprint density at radius 3 is 0.986 bits per heavy atom. The van der Waals surface area contributed by atoms with Gasteiger partial charge in [0.25, 0.3) is 0 Å². The summed E-state index contributed by atoms with van der Waals surface area (Å²) in [7, 11) is 10.4. The largest absolute Gasteiger partial charge is 0.450 e.